The van der Waals surface area contributed by atoms with Gasteiger partial charge in [-0.3, -0.25) is 4.79 Å². The molecule has 0 aromatic heterocycles. The number of carbonyl (C=O) groups is 1. The lowest BCUT2D eigenvalue weighted by molar-refractivity contribution is -0.172. The minimum Gasteiger partial charge on any atom is -0.321 e. The van der Waals surface area contributed by atoms with Crippen LogP contribution in [0.25, 0.3) is 11.1 Å². The lowest BCUT2D eigenvalue weighted by Crippen LogP contribution is -2.41. The smallest absolute Gasteiger partial charge is 0.321 e. The van der Waals surface area contributed by atoms with Gasteiger partial charge in [0, 0.05) is 5.56 Å². The number of benzene rings is 2. The molecule has 24 heavy (non-hydrogen) atoms. The highest BCUT2D eigenvalue weighted by Crippen LogP contribution is 2.26. The van der Waals surface area contributed by atoms with E-state index >= 15 is 0 Å². The first-order valence-corrected chi connectivity index (χ1v) is 6.70. The highest BCUT2D eigenvalue weighted by Gasteiger charge is 2.41. The Morgan fingerprint density at radius 2 is 1.54 bits per heavy atom. The zero-order chi connectivity index (χ0) is 18.1. The molecule has 0 radical (unpaired) electrons. The quantitative estimate of drug-likeness (QED) is 0.676. The Balaban J connectivity index is 2.20. The molecule has 0 amide bonds. The number of Topliss-reactive ketones (excluding diaryl/α,β-unsaturated/α-hetero) is 1. The summed E-state index contributed by atoms with van der Waals surface area (Å²) in [6.07, 6.45) is -5.38. The highest BCUT2D eigenvalue weighted by molar-refractivity contribution is 5.89. The number of ketones is 1. The predicted molar refractivity (Wildman–Crippen MR) is 74.5 cm³/mol. The van der Waals surface area contributed by atoms with Gasteiger partial charge in [0.2, 0.25) is 0 Å². The van der Waals surface area contributed by atoms with E-state index in [0.29, 0.717) is 5.56 Å². The van der Waals surface area contributed by atoms with Crippen LogP contribution in [0.5, 0.6) is 0 Å². The molecule has 2 N–H and O–H groups in total. The number of alkyl halides is 3. The summed E-state index contributed by atoms with van der Waals surface area (Å²) in [5.74, 6) is -6.36. The number of nitrogens with two attached hydrogens (primary N) is 1. The van der Waals surface area contributed by atoms with Gasteiger partial charge in [-0.25, -0.2) is 13.2 Å². The monoisotopic (exact) mass is 347 g/mol. The number of rotatable bonds is 4. The Hall–Kier alpha value is -2.35. The summed E-state index contributed by atoms with van der Waals surface area (Å²) in [6.45, 7) is 0. The molecule has 0 aliphatic carbocycles. The van der Waals surface area contributed by atoms with Crippen molar-refractivity contribution in [2.75, 3.05) is 0 Å². The largest absolute Gasteiger partial charge is 0.451 e. The van der Waals surface area contributed by atoms with E-state index < -0.39 is 35.5 Å². The maximum atomic E-state index is 13.7. The van der Waals surface area contributed by atoms with Crippen LogP contribution in [0.4, 0.5) is 26.3 Å². The van der Waals surface area contributed by atoms with Gasteiger partial charge in [0.05, 0.1) is 6.04 Å². The van der Waals surface area contributed by atoms with Gasteiger partial charge in [-0.2, -0.15) is 13.2 Å². The Kier molecular flexibility index (Phi) is 4.98. The van der Waals surface area contributed by atoms with Crippen LogP contribution in [-0.4, -0.2) is 18.0 Å². The van der Waals surface area contributed by atoms with E-state index in [-0.39, 0.29) is 17.5 Å². The van der Waals surface area contributed by atoms with E-state index in [1.165, 1.54) is 24.3 Å². The fourth-order valence-electron chi connectivity index (χ4n) is 2.13. The first kappa shape index (κ1) is 18.0. The van der Waals surface area contributed by atoms with Crippen molar-refractivity contribution in [1.82, 2.24) is 0 Å². The Bertz CT molecular complexity index is 754. The molecule has 2 aromatic carbocycles. The maximum absolute atomic E-state index is 13.7. The molecule has 0 bridgehead atoms. The third kappa shape index (κ3) is 3.76. The zero-order valence-corrected chi connectivity index (χ0v) is 12.0. The molecule has 2 nitrogen and oxygen atoms in total. The van der Waals surface area contributed by atoms with Gasteiger partial charge in [-0.05, 0) is 29.7 Å². The Morgan fingerprint density at radius 1 is 0.958 bits per heavy atom. The molecule has 8 heteroatoms. The molecule has 128 valence electrons. The topological polar surface area (TPSA) is 43.1 Å². The lowest BCUT2D eigenvalue weighted by atomic mass is 9.99. The van der Waals surface area contributed by atoms with E-state index in [0.717, 1.165) is 12.1 Å². The molecule has 0 aliphatic rings. The summed E-state index contributed by atoms with van der Waals surface area (Å²) >= 11 is 0. The van der Waals surface area contributed by atoms with Crippen molar-refractivity contribution < 1.29 is 31.1 Å². The van der Waals surface area contributed by atoms with Crippen LogP contribution < -0.4 is 5.73 Å². The maximum Gasteiger partial charge on any atom is 0.451 e. The summed E-state index contributed by atoms with van der Waals surface area (Å²) in [5, 5.41) is 0. The third-order valence-electron chi connectivity index (χ3n) is 3.37. The number of hydrogen-bond donors (Lipinski definition) is 1. The van der Waals surface area contributed by atoms with E-state index in [1.807, 2.05) is 0 Å². The van der Waals surface area contributed by atoms with Crippen LogP contribution in [0.1, 0.15) is 5.56 Å². The fraction of sp³-hybridized carbons (Fsp3) is 0.188. The van der Waals surface area contributed by atoms with E-state index in [1.54, 1.807) is 0 Å². The van der Waals surface area contributed by atoms with Crippen LogP contribution in [0.15, 0.2) is 36.4 Å². The third-order valence-corrected chi connectivity index (χ3v) is 3.37. The van der Waals surface area contributed by atoms with Crippen molar-refractivity contribution >= 4 is 5.78 Å². The highest BCUT2D eigenvalue weighted by atomic mass is 19.4. The number of hydrogen-bond acceptors (Lipinski definition) is 2. The molecule has 0 saturated carbocycles. The summed E-state index contributed by atoms with van der Waals surface area (Å²) in [4.78, 5) is 11.0. The van der Waals surface area contributed by atoms with E-state index in [4.69, 9.17) is 5.73 Å². The molecule has 0 heterocycles. The molecule has 0 aliphatic heterocycles. The van der Waals surface area contributed by atoms with Crippen LogP contribution >= 0.6 is 0 Å². The van der Waals surface area contributed by atoms with Gasteiger partial charge in [0.15, 0.2) is 17.5 Å². The van der Waals surface area contributed by atoms with Crippen LogP contribution in [0, 0.1) is 17.5 Å². The molecule has 1 atom stereocenters. The first-order valence-electron chi connectivity index (χ1n) is 6.70. The average Bonchev–Trinajstić information content (AvgIpc) is 2.52. The SMILES string of the molecule is NC(Cc1ccc(-c2ccc(F)c(F)c2F)cc1)C(=O)C(F)(F)F. The van der Waals surface area contributed by atoms with Gasteiger partial charge in [-0.15, -0.1) is 0 Å². The Labute approximate surface area is 132 Å². The fourth-order valence-corrected chi connectivity index (χ4v) is 2.13. The van der Waals surface area contributed by atoms with Gasteiger partial charge >= 0.3 is 6.18 Å². The average molecular weight is 347 g/mol. The molecule has 2 aromatic rings. The molecular formula is C16H11F6NO. The van der Waals surface area contributed by atoms with E-state index in [9.17, 15) is 31.1 Å². The molecule has 1 unspecified atom stereocenters. The second-order valence-corrected chi connectivity index (χ2v) is 5.09. The predicted octanol–water partition coefficient (Wildman–Crippen LogP) is 3.77. The second-order valence-electron chi connectivity index (χ2n) is 5.09. The molecule has 0 spiro atoms. The minimum absolute atomic E-state index is 0.198. The lowest BCUT2D eigenvalue weighted by Gasteiger charge is -2.13. The van der Waals surface area contributed by atoms with Gasteiger partial charge in [0.1, 0.15) is 0 Å². The molecular weight excluding hydrogens is 336 g/mol. The van der Waals surface area contributed by atoms with Crippen LogP contribution in [0.3, 0.4) is 0 Å². The number of carbonyl (C=O) groups excluding carboxylic acids is 1. The molecule has 0 fully saturated rings. The zero-order valence-electron chi connectivity index (χ0n) is 12.0. The first-order chi connectivity index (χ1) is 11.1. The molecule has 2 rings (SSSR count). The molecule has 0 saturated heterocycles. The van der Waals surface area contributed by atoms with Crippen molar-refractivity contribution in [2.45, 2.75) is 18.6 Å². The van der Waals surface area contributed by atoms with Crippen LogP contribution in [0.2, 0.25) is 0 Å². The van der Waals surface area contributed by atoms with Crippen molar-refractivity contribution in [3.8, 4) is 11.1 Å². The van der Waals surface area contributed by atoms with Gasteiger partial charge in [-0.1, -0.05) is 24.3 Å². The van der Waals surface area contributed by atoms with Gasteiger partial charge < -0.3 is 5.73 Å². The standard InChI is InChI=1S/C16H11F6NO/c17-11-6-5-10(13(18)14(11)19)9-3-1-8(2-4-9)7-12(23)15(24)16(20,21)22/h1-6,12H,7,23H2. The van der Waals surface area contributed by atoms with E-state index in [2.05, 4.69) is 0 Å². The minimum atomic E-state index is -5.02. The van der Waals surface area contributed by atoms with Crippen molar-refractivity contribution in [3.63, 3.8) is 0 Å². The van der Waals surface area contributed by atoms with Crippen molar-refractivity contribution in [2.24, 2.45) is 5.73 Å². The summed E-state index contributed by atoms with van der Waals surface area (Å²) in [6, 6.07) is 5.35. The normalized spacial score (nSPS) is 13.0. The van der Waals surface area contributed by atoms with Crippen molar-refractivity contribution in [1.29, 1.82) is 0 Å². The number of halogens is 6. The summed E-state index contributed by atoms with van der Waals surface area (Å²) in [7, 11) is 0. The van der Waals surface area contributed by atoms with Gasteiger partial charge in [0.25, 0.3) is 5.78 Å². The van der Waals surface area contributed by atoms with Crippen molar-refractivity contribution in [3.05, 3.63) is 59.4 Å². The Morgan fingerprint density at radius 3 is 2.08 bits per heavy atom. The van der Waals surface area contributed by atoms with Crippen LogP contribution in [-0.2, 0) is 11.2 Å². The summed E-state index contributed by atoms with van der Waals surface area (Å²) < 4.78 is 76.6. The second kappa shape index (κ2) is 6.64. The summed E-state index contributed by atoms with van der Waals surface area (Å²) in [5.41, 5.74) is 5.54.